The van der Waals surface area contributed by atoms with Crippen molar-refractivity contribution in [3.8, 4) is 11.5 Å². The van der Waals surface area contributed by atoms with Crippen molar-refractivity contribution in [3.05, 3.63) is 46.2 Å². The Bertz CT molecular complexity index is 799. The van der Waals surface area contributed by atoms with Gasteiger partial charge in [0.25, 0.3) is 0 Å². The molecule has 1 amide bonds. The van der Waals surface area contributed by atoms with Crippen molar-refractivity contribution in [3.63, 3.8) is 0 Å². The van der Waals surface area contributed by atoms with E-state index >= 15 is 0 Å². The number of amides is 1. The first-order valence-corrected chi connectivity index (χ1v) is 9.67. The molecule has 1 heterocycles. The molecule has 28 heavy (non-hydrogen) atoms. The fraction of sp³-hybridized carbons (Fsp3) is 0.350. The second kappa shape index (κ2) is 11.1. The fourth-order valence-corrected chi connectivity index (χ4v) is 3.16. The van der Waals surface area contributed by atoms with Crippen molar-refractivity contribution in [1.29, 1.82) is 0 Å². The molecule has 1 aromatic heterocycles. The molecule has 150 valence electrons. The van der Waals surface area contributed by atoms with Gasteiger partial charge < -0.3 is 19.5 Å². The fourth-order valence-electron chi connectivity index (χ4n) is 2.22. The molecule has 0 fully saturated rings. The summed E-state index contributed by atoms with van der Waals surface area (Å²) in [5.41, 5.74) is 0. The zero-order valence-corrected chi connectivity index (χ0v) is 16.7. The summed E-state index contributed by atoms with van der Waals surface area (Å²) in [4.78, 5) is 36.2. The summed E-state index contributed by atoms with van der Waals surface area (Å²) in [5.74, 6) is 0.242. The molecule has 0 aliphatic carbocycles. The zero-order valence-electron chi connectivity index (χ0n) is 15.9. The quantitative estimate of drug-likeness (QED) is 0.457. The van der Waals surface area contributed by atoms with Crippen LogP contribution in [0.3, 0.4) is 0 Å². The van der Waals surface area contributed by atoms with Gasteiger partial charge in [-0.3, -0.25) is 9.59 Å². The Kier molecular flexibility index (Phi) is 8.48. The molecule has 1 N–H and O–H groups in total. The van der Waals surface area contributed by atoms with Gasteiger partial charge in [0.1, 0.15) is 11.5 Å². The monoisotopic (exact) mass is 405 g/mol. The zero-order chi connectivity index (χ0) is 20.4. The molecule has 7 nitrogen and oxygen atoms in total. The number of ketones is 1. The van der Waals surface area contributed by atoms with Gasteiger partial charge in [-0.15, -0.1) is 11.3 Å². The molecule has 0 saturated heterocycles. The maximum atomic E-state index is 12.1. The first kappa shape index (κ1) is 21.4. The number of thiophene rings is 1. The molecule has 1 aromatic carbocycles. The van der Waals surface area contributed by atoms with E-state index in [-0.39, 0.29) is 24.9 Å². The molecule has 0 saturated carbocycles. The van der Waals surface area contributed by atoms with E-state index in [0.29, 0.717) is 30.2 Å². The van der Waals surface area contributed by atoms with Crippen LogP contribution in [0.4, 0.5) is 0 Å². The molecule has 0 radical (unpaired) electrons. The average molecular weight is 405 g/mol. The van der Waals surface area contributed by atoms with Crippen LogP contribution in [0.5, 0.6) is 11.5 Å². The lowest BCUT2D eigenvalue weighted by Crippen LogP contribution is -2.22. The van der Waals surface area contributed by atoms with Crippen LogP contribution in [0.1, 0.15) is 28.4 Å². The Morgan fingerprint density at radius 3 is 2.29 bits per heavy atom. The Morgan fingerprint density at radius 2 is 1.64 bits per heavy atom. The van der Waals surface area contributed by atoms with Crippen molar-refractivity contribution in [2.24, 2.45) is 0 Å². The molecule has 0 unspecified atom stereocenters. The summed E-state index contributed by atoms with van der Waals surface area (Å²) in [6, 6.07) is 10.4. The number of esters is 1. The van der Waals surface area contributed by atoms with Crippen LogP contribution in [0.2, 0.25) is 0 Å². The van der Waals surface area contributed by atoms with E-state index in [1.54, 1.807) is 30.3 Å². The second-order valence-electron chi connectivity index (χ2n) is 5.78. The summed E-state index contributed by atoms with van der Waals surface area (Å²) >= 11 is 1.32. The van der Waals surface area contributed by atoms with Crippen molar-refractivity contribution in [1.82, 2.24) is 5.32 Å². The van der Waals surface area contributed by atoms with Gasteiger partial charge in [0.2, 0.25) is 11.7 Å². The Morgan fingerprint density at radius 1 is 0.964 bits per heavy atom. The van der Waals surface area contributed by atoms with Crippen LogP contribution in [0, 0.1) is 0 Å². The van der Waals surface area contributed by atoms with E-state index in [9.17, 15) is 14.4 Å². The molecule has 0 aliphatic heterocycles. The third kappa shape index (κ3) is 7.40. The molecule has 0 aliphatic rings. The van der Waals surface area contributed by atoms with Gasteiger partial charge in [-0.05, 0) is 49.7 Å². The normalized spacial score (nSPS) is 10.2. The maximum Gasteiger partial charge on any atom is 0.344 e. The number of benzene rings is 1. The Balaban J connectivity index is 1.71. The summed E-state index contributed by atoms with van der Waals surface area (Å²) < 4.78 is 15.6. The lowest BCUT2D eigenvalue weighted by Gasteiger charge is -2.07. The van der Waals surface area contributed by atoms with Crippen LogP contribution in [-0.4, -0.2) is 44.0 Å². The molecule has 0 bridgehead atoms. The standard InChI is InChI=1S/C20H23NO6S/c1-3-25-15-4-6-16(7-5-15)26-13-20(24)27-12-18(23)19-9-8-17(28-19)10-11-21-14(2)22/h4-9H,3,10-13H2,1-2H3,(H,21,22). The Hall–Kier alpha value is -2.87. The highest BCUT2D eigenvalue weighted by atomic mass is 32.1. The van der Waals surface area contributed by atoms with Gasteiger partial charge in [0, 0.05) is 18.3 Å². The second-order valence-corrected chi connectivity index (χ2v) is 6.94. The lowest BCUT2D eigenvalue weighted by molar-refractivity contribution is -0.144. The average Bonchev–Trinajstić information content (AvgIpc) is 3.14. The largest absolute Gasteiger partial charge is 0.494 e. The number of nitrogens with one attached hydrogen (secondary N) is 1. The van der Waals surface area contributed by atoms with Gasteiger partial charge in [-0.1, -0.05) is 0 Å². The van der Waals surface area contributed by atoms with Gasteiger partial charge in [-0.2, -0.15) is 0 Å². The summed E-state index contributed by atoms with van der Waals surface area (Å²) in [6.45, 7) is 3.82. The number of hydrogen-bond acceptors (Lipinski definition) is 7. The Labute approximate surface area is 167 Å². The molecular weight excluding hydrogens is 382 g/mol. The lowest BCUT2D eigenvalue weighted by atomic mass is 10.3. The molecule has 2 rings (SSSR count). The van der Waals surface area contributed by atoms with Crippen LogP contribution in [-0.2, 0) is 20.7 Å². The van der Waals surface area contributed by atoms with Gasteiger partial charge in [0.05, 0.1) is 11.5 Å². The maximum absolute atomic E-state index is 12.1. The highest BCUT2D eigenvalue weighted by molar-refractivity contribution is 7.14. The minimum absolute atomic E-state index is 0.0905. The van der Waals surface area contributed by atoms with Gasteiger partial charge in [0.15, 0.2) is 13.2 Å². The van der Waals surface area contributed by atoms with Crippen LogP contribution in [0.15, 0.2) is 36.4 Å². The molecular formula is C20H23NO6S. The smallest absolute Gasteiger partial charge is 0.344 e. The summed E-state index contributed by atoms with van der Waals surface area (Å²) in [6.07, 6.45) is 0.646. The number of rotatable bonds is 11. The van der Waals surface area contributed by atoms with E-state index in [1.165, 1.54) is 18.3 Å². The molecule has 8 heteroatoms. The van der Waals surface area contributed by atoms with Crippen LogP contribution < -0.4 is 14.8 Å². The first-order chi connectivity index (χ1) is 13.5. The van der Waals surface area contributed by atoms with E-state index < -0.39 is 5.97 Å². The number of carbonyl (C=O) groups excluding carboxylic acids is 3. The van der Waals surface area contributed by atoms with E-state index in [0.717, 1.165) is 10.6 Å². The van der Waals surface area contributed by atoms with Crippen LogP contribution in [0.25, 0.3) is 0 Å². The number of carbonyl (C=O) groups is 3. The van der Waals surface area contributed by atoms with Crippen molar-refractivity contribution in [2.75, 3.05) is 26.4 Å². The number of Topliss-reactive ketones (excluding diaryl/α,β-unsaturated/α-hetero) is 1. The highest BCUT2D eigenvalue weighted by Gasteiger charge is 2.13. The van der Waals surface area contributed by atoms with Crippen LogP contribution >= 0.6 is 11.3 Å². The number of ether oxygens (including phenoxy) is 3. The minimum Gasteiger partial charge on any atom is -0.494 e. The predicted octanol–water partition coefficient (Wildman–Crippen LogP) is 2.63. The van der Waals surface area contributed by atoms with Gasteiger partial charge >= 0.3 is 5.97 Å². The number of hydrogen-bond donors (Lipinski definition) is 1. The molecule has 0 spiro atoms. The minimum atomic E-state index is -0.621. The topological polar surface area (TPSA) is 90.9 Å². The van der Waals surface area contributed by atoms with E-state index in [1.807, 2.05) is 13.0 Å². The molecule has 0 atom stereocenters. The van der Waals surface area contributed by atoms with Gasteiger partial charge in [-0.25, -0.2) is 4.79 Å². The molecule has 2 aromatic rings. The third-order valence-electron chi connectivity index (χ3n) is 3.54. The summed E-state index contributed by atoms with van der Waals surface area (Å²) in [7, 11) is 0. The van der Waals surface area contributed by atoms with Crippen molar-refractivity contribution < 1.29 is 28.6 Å². The highest BCUT2D eigenvalue weighted by Crippen LogP contribution is 2.18. The van der Waals surface area contributed by atoms with E-state index in [4.69, 9.17) is 14.2 Å². The van der Waals surface area contributed by atoms with Crippen molar-refractivity contribution in [2.45, 2.75) is 20.3 Å². The summed E-state index contributed by atoms with van der Waals surface area (Å²) in [5, 5.41) is 2.70. The third-order valence-corrected chi connectivity index (χ3v) is 4.72. The SMILES string of the molecule is CCOc1ccc(OCC(=O)OCC(=O)c2ccc(CCNC(C)=O)s2)cc1. The first-order valence-electron chi connectivity index (χ1n) is 8.85. The van der Waals surface area contributed by atoms with Crippen molar-refractivity contribution >= 4 is 29.0 Å². The predicted molar refractivity (Wildman–Crippen MR) is 105 cm³/mol. The van der Waals surface area contributed by atoms with E-state index in [2.05, 4.69) is 5.32 Å².